The zero-order valence-electron chi connectivity index (χ0n) is 6.91. The van der Waals surface area contributed by atoms with E-state index in [2.05, 4.69) is 5.32 Å². The summed E-state index contributed by atoms with van der Waals surface area (Å²) in [6, 6.07) is 0.0509. The average molecular weight is 154 g/mol. The number of allylic oxidation sites excluding steroid dienone is 2. The second kappa shape index (κ2) is 3.44. The first kappa shape index (κ1) is 8.14. The third-order valence-electron chi connectivity index (χ3n) is 1.57. The molecule has 3 heteroatoms. The Bertz CT molecular complexity index is 185. The molecule has 0 fully saturated rings. The van der Waals surface area contributed by atoms with E-state index >= 15 is 0 Å². The molecule has 1 heterocycles. The van der Waals surface area contributed by atoms with Gasteiger partial charge in [-0.15, -0.1) is 0 Å². The van der Waals surface area contributed by atoms with E-state index in [0.717, 1.165) is 6.54 Å². The maximum atomic E-state index is 9.34. The number of aliphatic hydroxyl groups is 1. The van der Waals surface area contributed by atoms with Crippen LogP contribution in [0.3, 0.4) is 0 Å². The Hall–Kier alpha value is -0.960. The van der Waals surface area contributed by atoms with Gasteiger partial charge in [0.05, 0.1) is 6.04 Å². The quantitative estimate of drug-likeness (QED) is 0.607. The number of likely N-dealkylation sites (N-methyl/N-ethyl adjacent to an activating group) is 1. The van der Waals surface area contributed by atoms with Crippen molar-refractivity contribution in [3.8, 4) is 0 Å². The van der Waals surface area contributed by atoms with E-state index in [-0.39, 0.29) is 6.04 Å². The fourth-order valence-corrected chi connectivity index (χ4v) is 1.03. The molecule has 0 saturated heterocycles. The van der Waals surface area contributed by atoms with Gasteiger partial charge in [0.25, 0.3) is 0 Å². The lowest BCUT2D eigenvalue weighted by atomic mass is 10.2. The van der Waals surface area contributed by atoms with Crippen molar-refractivity contribution in [2.45, 2.75) is 6.04 Å². The second-order valence-electron chi connectivity index (χ2n) is 2.93. The van der Waals surface area contributed by atoms with Crippen LogP contribution in [0.4, 0.5) is 0 Å². The van der Waals surface area contributed by atoms with Crippen LogP contribution in [0.2, 0.25) is 0 Å². The minimum Gasteiger partial charge on any atom is -0.510 e. The second-order valence-corrected chi connectivity index (χ2v) is 2.93. The molecule has 0 bridgehead atoms. The Morgan fingerprint density at radius 3 is 2.91 bits per heavy atom. The zero-order valence-corrected chi connectivity index (χ0v) is 6.91. The predicted molar refractivity (Wildman–Crippen MR) is 45.3 cm³/mol. The maximum Gasteiger partial charge on any atom is 0.116 e. The van der Waals surface area contributed by atoms with Crippen LogP contribution in [0.5, 0.6) is 0 Å². The fraction of sp³-hybridized carbons (Fsp3) is 0.500. The zero-order chi connectivity index (χ0) is 8.27. The predicted octanol–water partition coefficient (Wildman–Crippen LogP) is 0.475. The third-order valence-corrected chi connectivity index (χ3v) is 1.57. The highest BCUT2D eigenvalue weighted by molar-refractivity contribution is 5.17. The van der Waals surface area contributed by atoms with E-state index < -0.39 is 0 Å². The lowest BCUT2D eigenvalue weighted by Gasteiger charge is -2.22. The van der Waals surface area contributed by atoms with Crippen molar-refractivity contribution >= 4 is 0 Å². The Labute approximate surface area is 67.0 Å². The molecule has 1 rings (SSSR count). The van der Waals surface area contributed by atoms with Crippen molar-refractivity contribution in [3.05, 3.63) is 24.1 Å². The van der Waals surface area contributed by atoms with Crippen LogP contribution in [0.1, 0.15) is 0 Å². The minimum atomic E-state index is 0.0509. The molecule has 62 valence electrons. The van der Waals surface area contributed by atoms with E-state index in [1.54, 1.807) is 12.2 Å². The van der Waals surface area contributed by atoms with Gasteiger partial charge in [-0.25, -0.2) is 0 Å². The van der Waals surface area contributed by atoms with Crippen LogP contribution in [-0.4, -0.2) is 36.7 Å². The molecule has 0 aromatic rings. The summed E-state index contributed by atoms with van der Waals surface area (Å²) in [4.78, 5) is 2.03. The Balaban J connectivity index is 2.47. The molecule has 0 aliphatic carbocycles. The summed E-state index contributed by atoms with van der Waals surface area (Å²) < 4.78 is 0. The Morgan fingerprint density at radius 2 is 2.36 bits per heavy atom. The van der Waals surface area contributed by atoms with Crippen LogP contribution in [0.25, 0.3) is 0 Å². The summed E-state index contributed by atoms with van der Waals surface area (Å²) >= 11 is 0. The van der Waals surface area contributed by atoms with Gasteiger partial charge in [0.15, 0.2) is 0 Å². The number of hydrogen-bond acceptors (Lipinski definition) is 3. The number of nitrogens with one attached hydrogen (secondary N) is 1. The molecule has 0 aromatic carbocycles. The largest absolute Gasteiger partial charge is 0.510 e. The number of nitrogens with zero attached hydrogens (tertiary/aromatic N) is 1. The first-order chi connectivity index (χ1) is 5.20. The number of dihydropyridines is 1. The summed E-state index contributed by atoms with van der Waals surface area (Å²) in [5.74, 6) is 0.404. The van der Waals surface area contributed by atoms with E-state index in [1.807, 2.05) is 25.2 Å². The van der Waals surface area contributed by atoms with Crippen LogP contribution < -0.4 is 5.32 Å². The van der Waals surface area contributed by atoms with Crippen molar-refractivity contribution in [1.29, 1.82) is 0 Å². The highest BCUT2D eigenvalue weighted by Gasteiger charge is 2.13. The van der Waals surface area contributed by atoms with Gasteiger partial charge in [-0.1, -0.05) is 0 Å². The summed E-state index contributed by atoms with van der Waals surface area (Å²) in [7, 11) is 3.96. The SMILES string of the molecule is CN(C)CC1NC=CC=C1O. The smallest absolute Gasteiger partial charge is 0.116 e. The van der Waals surface area contributed by atoms with Gasteiger partial charge in [0, 0.05) is 6.54 Å². The van der Waals surface area contributed by atoms with Crippen molar-refractivity contribution in [2.75, 3.05) is 20.6 Å². The standard InChI is InChI=1S/C8H14N2O/c1-10(2)6-7-8(11)4-3-5-9-7/h3-5,7,9,11H,6H2,1-2H3. The summed E-state index contributed by atoms with van der Waals surface area (Å²) in [6.07, 6.45) is 5.35. The van der Waals surface area contributed by atoms with Gasteiger partial charge in [0.1, 0.15) is 5.76 Å². The molecule has 2 N–H and O–H groups in total. The molecule has 0 radical (unpaired) electrons. The van der Waals surface area contributed by atoms with Gasteiger partial charge in [0.2, 0.25) is 0 Å². The molecule has 1 unspecified atom stereocenters. The third kappa shape index (κ3) is 2.27. The average Bonchev–Trinajstić information content (AvgIpc) is 1.93. The van der Waals surface area contributed by atoms with Crippen molar-refractivity contribution in [3.63, 3.8) is 0 Å². The van der Waals surface area contributed by atoms with Crippen LogP contribution in [0, 0.1) is 0 Å². The normalized spacial score (nSPS) is 23.2. The molecule has 0 aromatic heterocycles. The van der Waals surface area contributed by atoms with Crippen molar-refractivity contribution < 1.29 is 5.11 Å². The molecule has 1 aliphatic heterocycles. The van der Waals surface area contributed by atoms with Crippen molar-refractivity contribution in [2.24, 2.45) is 0 Å². The highest BCUT2D eigenvalue weighted by Crippen LogP contribution is 2.03. The van der Waals surface area contributed by atoms with Crippen molar-refractivity contribution in [1.82, 2.24) is 10.2 Å². The highest BCUT2D eigenvalue weighted by atomic mass is 16.3. The van der Waals surface area contributed by atoms with Gasteiger partial charge in [-0.2, -0.15) is 0 Å². The Morgan fingerprint density at radius 1 is 1.64 bits per heavy atom. The fourth-order valence-electron chi connectivity index (χ4n) is 1.03. The first-order valence-electron chi connectivity index (χ1n) is 3.66. The lowest BCUT2D eigenvalue weighted by molar-refractivity contribution is 0.294. The molecular formula is C8H14N2O. The summed E-state index contributed by atoms with van der Waals surface area (Å²) in [5, 5.41) is 12.4. The van der Waals surface area contributed by atoms with E-state index in [4.69, 9.17) is 0 Å². The monoisotopic (exact) mass is 154 g/mol. The van der Waals surface area contributed by atoms with E-state index in [0.29, 0.717) is 5.76 Å². The number of hydrogen-bond donors (Lipinski definition) is 2. The van der Waals surface area contributed by atoms with Crippen LogP contribution in [0.15, 0.2) is 24.1 Å². The molecule has 3 nitrogen and oxygen atoms in total. The lowest BCUT2D eigenvalue weighted by Crippen LogP contribution is -2.38. The maximum absolute atomic E-state index is 9.34. The van der Waals surface area contributed by atoms with Gasteiger partial charge in [-0.3, -0.25) is 0 Å². The van der Waals surface area contributed by atoms with Gasteiger partial charge < -0.3 is 15.3 Å². The molecule has 1 aliphatic rings. The Kier molecular flexibility index (Phi) is 2.54. The van der Waals surface area contributed by atoms with Gasteiger partial charge in [-0.05, 0) is 32.4 Å². The molecule has 1 atom stereocenters. The molecular weight excluding hydrogens is 140 g/mol. The molecule has 0 spiro atoms. The summed E-state index contributed by atoms with van der Waals surface area (Å²) in [5.41, 5.74) is 0. The van der Waals surface area contributed by atoms with E-state index in [1.165, 1.54) is 0 Å². The summed E-state index contributed by atoms with van der Waals surface area (Å²) in [6.45, 7) is 0.812. The van der Waals surface area contributed by atoms with Crippen LogP contribution >= 0.6 is 0 Å². The number of rotatable bonds is 2. The van der Waals surface area contributed by atoms with Gasteiger partial charge >= 0.3 is 0 Å². The first-order valence-corrected chi connectivity index (χ1v) is 3.66. The van der Waals surface area contributed by atoms with Crippen LogP contribution in [-0.2, 0) is 0 Å². The molecule has 0 saturated carbocycles. The minimum absolute atomic E-state index is 0.0509. The molecule has 11 heavy (non-hydrogen) atoms. The number of aliphatic hydroxyl groups excluding tert-OH is 1. The van der Waals surface area contributed by atoms with E-state index in [9.17, 15) is 5.11 Å². The topological polar surface area (TPSA) is 35.5 Å². The molecule has 0 amide bonds.